The molecule has 2 atom stereocenters. The highest BCUT2D eigenvalue weighted by molar-refractivity contribution is 5.93. The zero-order chi connectivity index (χ0) is 19.2. The first kappa shape index (κ1) is 19.0. The summed E-state index contributed by atoms with van der Waals surface area (Å²) in [5.41, 5.74) is 1.09. The standard InChI is InChI=1S/C19H24N4O4/c1-14-4-2-3-5-18(14)27-11-10-20-19(24)15-12-21-22(13-15)16-6-8-17(9-7-16)23(25)26/h6-9,12-14,18H,2-5,10-11H2,1H3,(H,20,24)/t14-,18+/m1/s1. The number of aromatic nitrogens is 2. The number of rotatable bonds is 7. The number of hydrogen-bond donors (Lipinski definition) is 1. The van der Waals surface area contributed by atoms with Crippen LogP contribution in [0, 0.1) is 16.0 Å². The molecule has 1 heterocycles. The number of nitrogens with one attached hydrogen (secondary N) is 1. The molecule has 1 aromatic heterocycles. The van der Waals surface area contributed by atoms with Crippen molar-refractivity contribution in [1.29, 1.82) is 0 Å². The summed E-state index contributed by atoms with van der Waals surface area (Å²) < 4.78 is 7.41. The third kappa shape index (κ3) is 4.91. The first-order chi connectivity index (χ1) is 13.0. The summed E-state index contributed by atoms with van der Waals surface area (Å²) in [7, 11) is 0. The number of nitro benzene ring substituents is 1. The Labute approximate surface area is 157 Å². The Morgan fingerprint density at radius 3 is 2.78 bits per heavy atom. The highest BCUT2D eigenvalue weighted by Crippen LogP contribution is 2.26. The number of carbonyl (C=O) groups excluding carboxylic acids is 1. The van der Waals surface area contributed by atoms with Crippen LogP contribution in [0.2, 0.25) is 0 Å². The van der Waals surface area contributed by atoms with Crippen molar-refractivity contribution in [2.45, 2.75) is 38.7 Å². The summed E-state index contributed by atoms with van der Waals surface area (Å²) in [6.45, 7) is 3.16. The van der Waals surface area contributed by atoms with Crippen LogP contribution in [0.25, 0.3) is 5.69 Å². The van der Waals surface area contributed by atoms with Crippen molar-refractivity contribution in [3.05, 3.63) is 52.3 Å². The van der Waals surface area contributed by atoms with Gasteiger partial charge in [-0.25, -0.2) is 4.68 Å². The van der Waals surface area contributed by atoms with Gasteiger partial charge in [-0.3, -0.25) is 14.9 Å². The highest BCUT2D eigenvalue weighted by atomic mass is 16.6. The summed E-state index contributed by atoms with van der Waals surface area (Å²) in [6.07, 6.45) is 8.15. The molecule has 0 unspecified atom stereocenters. The smallest absolute Gasteiger partial charge is 0.269 e. The number of amides is 1. The molecular weight excluding hydrogens is 348 g/mol. The van der Waals surface area contributed by atoms with E-state index in [2.05, 4.69) is 17.3 Å². The fourth-order valence-corrected chi connectivity index (χ4v) is 3.32. The molecule has 0 aliphatic heterocycles. The normalized spacial score (nSPS) is 19.6. The molecule has 3 rings (SSSR count). The minimum absolute atomic E-state index is 0.0103. The lowest BCUT2D eigenvalue weighted by Gasteiger charge is -2.28. The minimum atomic E-state index is -0.456. The second-order valence-electron chi connectivity index (χ2n) is 6.87. The van der Waals surface area contributed by atoms with E-state index >= 15 is 0 Å². The number of non-ortho nitro benzene ring substituents is 1. The average Bonchev–Trinajstić information content (AvgIpc) is 3.17. The van der Waals surface area contributed by atoms with Crippen LogP contribution in [0.3, 0.4) is 0 Å². The van der Waals surface area contributed by atoms with Crippen LogP contribution in [0.4, 0.5) is 5.69 Å². The quantitative estimate of drug-likeness (QED) is 0.457. The van der Waals surface area contributed by atoms with Gasteiger partial charge in [-0.1, -0.05) is 19.8 Å². The molecule has 1 saturated carbocycles. The highest BCUT2D eigenvalue weighted by Gasteiger charge is 2.21. The number of carbonyl (C=O) groups is 1. The zero-order valence-corrected chi connectivity index (χ0v) is 15.3. The molecule has 0 saturated heterocycles. The predicted octanol–water partition coefficient (Wildman–Crippen LogP) is 3.11. The van der Waals surface area contributed by atoms with Gasteiger partial charge < -0.3 is 10.1 Å². The van der Waals surface area contributed by atoms with E-state index in [9.17, 15) is 14.9 Å². The Balaban J connectivity index is 1.48. The predicted molar refractivity (Wildman–Crippen MR) is 99.9 cm³/mol. The minimum Gasteiger partial charge on any atom is -0.376 e. The number of nitrogens with zero attached hydrogens (tertiary/aromatic N) is 3. The SMILES string of the molecule is C[C@@H]1CCCC[C@@H]1OCCNC(=O)c1cnn(-c2ccc([N+](=O)[O-])cc2)c1. The molecule has 1 aromatic carbocycles. The summed E-state index contributed by atoms with van der Waals surface area (Å²) in [6, 6.07) is 5.98. The molecule has 1 aliphatic rings. The van der Waals surface area contributed by atoms with Crippen LogP contribution >= 0.6 is 0 Å². The van der Waals surface area contributed by atoms with Crippen molar-refractivity contribution < 1.29 is 14.5 Å². The van der Waals surface area contributed by atoms with E-state index in [1.807, 2.05) is 0 Å². The molecule has 1 fully saturated rings. The van der Waals surface area contributed by atoms with Gasteiger partial charge in [0.25, 0.3) is 11.6 Å². The van der Waals surface area contributed by atoms with Gasteiger partial charge in [-0.05, 0) is 30.9 Å². The molecule has 1 N–H and O–H groups in total. The maximum atomic E-state index is 12.2. The Kier molecular flexibility index (Phi) is 6.18. The number of nitro groups is 1. The van der Waals surface area contributed by atoms with E-state index in [0.29, 0.717) is 36.4 Å². The number of hydrogen-bond acceptors (Lipinski definition) is 5. The van der Waals surface area contributed by atoms with Crippen LogP contribution in [0.1, 0.15) is 43.0 Å². The molecule has 8 heteroatoms. The molecule has 1 amide bonds. The maximum Gasteiger partial charge on any atom is 0.269 e. The second-order valence-corrected chi connectivity index (χ2v) is 6.87. The van der Waals surface area contributed by atoms with Crippen molar-refractivity contribution in [1.82, 2.24) is 15.1 Å². The summed E-state index contributed by atoms with van der Waals surface area (Å²) >= 11 is 0. The van der Waals surface area contributed by atoms with Crippen molar-refractivity contribution >= 4 is 11.6 Å². The second kappa shape index (κ2) is 8.77. The van der Waals surface area contributed by atoms with E-state index in [1.165, 1.54) is 42.3 Å². The lowest BCUT2D eigenvalue weighted by atomic mass is 9.88. The summed E-state index contributed by atoms with van der Waals surface area (Å²) in [5, 5.41) is 17.7. The third-order valence-corrected chi connectivity index (χ3v) is 4.92. The average molecular weight is 372 g/mol. The van der Waals surface area contributed by atoms with Gasteiger partial charge in [-0.2, -0.15) is 5.10 Å². The molecule has 27 heavy (non-hydrogen) atoms. The van der Waals surface area contributed by atoms with Crippen LogP contribution in [-0.2, 0) is 4.74 Å². The van der Waals surface area contributed by atoms with E-state index < -0.39 is 4.92 Å². The van der Waals surface area contributed by atoms with Crippen molar-refractivity contribution in [3.8, 4) is 5.69 Å². The lowest BCUT2D eigenvalue weighted by molar-refractivity contribution is -0.384. The van der Waals surface area contributed by atoms with Crippen LogP contribution in [-0.4, -0.2) is 39.9 Å². The van der Waals surface area contributed by atoms with E-state index in [4.69, 9.17) is 4.74 Å². The molecule has 8 nitrogen and oxygen atoms in total. The Bertz CT molecular complexity index is 787. The van der Waals surface area contributed by atoms with Crippen molar-refractivity contribution in [3.63, 3.8) is 0 Å². The van der Waals surface area contributed by atoms with Gasteiger partial charge in [0.1, 0.15) is 0 Å². The third-order valence-electron chi connectivity index (χ3n) is 4.92. The van der Waals surface area contributed by atoms with Gasteiger partial charge in [0.2, 0.25) is 0 Å². The number of ether oxygens (including phenoxy) is 1. The Morgan fingerprint density at radius 1 is 1.33 bits per heavy atom. The van der Waals surface area contributed by atoms with Crippen LogP contribution in [0.5, 0.6) is 0 Å². The van der Waals surface area contributed by atoms with Gasteiger partial charge in [-0.15, -0.1) is 0 Å². The van der Waals surface area contributed by atoms with Crippen LogP contribution in [0.15, 0.2) is 36.7 Å². The van der Waals surface area contributed by atoms with Crippen LogP contribution < -0.4 is 5.32 Å². The molecule has 0 bridgehead atoms. The first-order valence-electron chi connectivity index (χ1n) is 9.24. The van der Waals surface area contributed by atoms with Gasteiger partial charge in [0.15, 0.2) is 0 Å². The fraction of sp³-hybridized carbons (Fsp3) is 0.474. The lowest BCUT2D eigenvalue weighted by Crippen LogP contribution is -2.31. The fourth-order valence-electron chi connectivity index (χ4n) is 3.32. The van der Waals surface area contributed by atoms with Crippen molar-refractivity contribution in [2.75, 3.05) is 13.2 Å². The van der Waals surface area contributed by atoms with E-state index in [0.717, 1.165) is 6.42 Å². The maximum absolute atomic E-state index is 12.2. The van der Waals surface area contributed by atoms with Gasteiger partial charge >= 0.3 is 0 Å². The van der Waals surface area contributed by atoms with Crippen molar-refractivity contribution in [2.24, 2.45) is 5.92 Å². The Morgan fingerprint density at radius 2 is 2.07 bits per heavy atom. The monoisotopic (exact) mass is 372 g/mol. The number of benzene rings is 1. The first-order valence-corrected chi connectivity index (χ1v) is 9.24. The Hall–Kier alpha value is -2.74. The van der Waals surface area contributed by atoms with E-state index in [-0.39, 0.29) is 11.6 Å². The van der Waals surface area contributed by atoms with Gasteiger partial charge in [0.05, 0.1) is 35.1 Å². The largest absolute Gasteiger partial charge is 0.376 e. The molecule has 2 aromatic rings. The molecule has 0 radical (unpaired) electrons. The molecular formula is C19H24N4O4. The zero-order valence-electron chi connectivity index (χ0n) is 15.3. The summed E-state index contributed by atoms with van der Waals surface area (Å²) in [4.78, 5) is 22.5. The molecule has 0 spiro atoms. The van der Waals surface area contributed by atoms with E-state index in [1.54, 1.807) is 18.3 Å². The molecule has 1 aliphatic carbocycles. The topological polar surface area (TPSA) is 99.3 Å². The summed E-state index contributed by atoms with van der Waals surface area (Å²) in [5.74, 6) is 0.359. The molecule has 144 valence electrons. The van der Waals surface area contributed by atoms with Gasteiger partial charge in [0, 0.05) is 24.9 Å².